The Bertz CT molecular complexity index is 1250. The average molecular weight is 489 g/mol. The van der Waals surface area contributed by atoms with Crippen molar-refractivity contribution in [3.8, 4) is 11.6 Å². The Morgan fingerprint density at radius 1 is 1.21 bits per heavy atom. The van der Waals surface area contributed by atoms with E-state index in [1.807, 2.05) is 13.0 Å². The van der Waals surface area contributed by atoms with Crippen molar-refractivity contribution in [2.45, 2.75) is 38.6 Å². The first-order chi connectivity index (χ1) is 16.3. The lowest BCUT2D eigenvalue weighted by atomic mass is 9.86. The third kappa shape index (κ3) is 5.79. The monoisotopic (exact) mass is 488 g/mol. The number of carbonyl (C=O) groups is 1. The lowest BCUT2D eigenvalue weighted by Gasteiger charge is -2.27. The van der Waals surface area contributed by atoms with Crippen LogP contribution in [0.3, 0.4) is 0 Å². The molecule has 182 valence electrons. The second-order valence-corrected chi connectivity index (χ2v) is 10.5. The van der Waals surface area contributed by atoms with Gasteiger partial charge in [0.05, 0.1) is 18.3 Å². The van der Waals surface area contributed by atoms with E-state index in [1.54, 1.807) is 29.1 Å². The number of carbonyl (C=O) groups excluding carboxylic acids is 1. The molecule has 34 heavy (non-hydrogen) atoms. The largest absolute Gasteiger partial charge is 0.490 e. The topological polar surface area (TPSA) is 138 Å². The van der Waals surface area contributed by atoms with Crippen LogP contribution in [0, 0.1) is 5.92 Å². The predicted octanol–water partition coefficient (Wildman–Crippen LogP) is 2.17. The highest BCUT2D eigenvalue weighted by Gasteiger charge is 2.27. The van der Waals surface area contributed by atoms with Gasteiger partial charge in [0.15, 0.2) is 21.2 Å². The number of aromatic nitrogens is 5. The third-order valence-corrected chi connectivity index (χ3v) is 6.60. The number of hydrogen-bond donors (Lipinski definition) is 1. The maximum absolute atomic E-state index is 12.0. The molecule has 1 aliphatic carbocycles. The molecule has 0 saturated heterocycles. The van der Waals surface area contributed by atoms with E-state index in [0.29, 0.717) is 35.2 Å². The second-order valence-electron chi connectivity index (χ2n) is 8.29. The number of anilines is 1. The van der Waals surface area contributed by atoms with Gasteiger partial charge >= 0.3 is 5.97 Å². The summed E-state index contributed by atoms with van der Waals surface area (Å²) in [5, 5.41) is 11.8. The highest BCUT2D eigenvalue weighted by atomic mass is 32.2. The number of benzene rings is 1. The average Bonchev–Trinajstić information content (AvgIpc) is 3.24. The van der Waals surface area contributed by atoms with Crippen molar-refractivity contribution in [1.29, 1.82) is 0 Å². The quantitative estimate of drug-likeness (QED) is 0.446. The molecule has 2 aromatic heterocycles. The first kappa shape index (κ1) is 23.9. The molecular weight excluding hydrogens is 460 g/mol. The van der Waals surface area contributed by atoms with Gasteiger partial charge in [-0.3, -0.25) is 4.79 Å². The fourth-order valence-corrected chi connectivity index (χ4v) is 4.35. The molecule has 1 aromatic carbocycles. The molecule has 3 aromatic rings. The van der Waals surface area contributed by atoms with E-state index >= 15 is 0 Å². The van der Waals surface area contributed by atoms with Crippen molar-refractivity contribution in [3.63, 3.8) is 0 Å². The molecular formula is C22H28N6O5S. The standard InChI is InChI=1S/C22H28N6O5S/c1-3-32-21(29)15-7-9-16(10-8-15)24-22-23-12-11-19(25-22)28-17-5-4-6-18(20(17)26-27-28)33-13-14-34(2,30)31/h4-6,11-12,15-16H,3,7-10,13-14H2,1-2H3,(H,23,24,25)/t15-,16-. The van der Waals surface area contributed by atoms with Crippen LogP contribution in [-0.4, -0.2) is 70.6 Å². The molecule has 0 bridgehead atoms. The molecule has 0 aliphatic heterocycles. The minimum absolute atomic E-state index is 0.0325. The Balaban J connectivity index is 1.45. The number of nitrogens with zero attached hydrogens (tertiary/aromatic N) is 5. The summed E-state index contributed by atoms with van der Waals surface area (Å²) in [6.07, 6.45) is 6.02. The normalized spacial score (nSPS) is 18.5. The summed E-state index contributed by atoms with van der Waals surface area (Å²) in [5.41, 5.74) is 1.19. The van der Waals surface area contributed by atoms with Gasteiger partial charge in [0, 0.05) is 24.6 Å². The smallest absolute Gasteiger partial charge is 0.308 e. The Kier molecular flexibility index (Phi) is 7.25. The molecule has 1 N–H and O–H groups in total. The highest BCUT2D eigenvalue weighted by Crippen LogP contribution is 2.28. The van der Waals surface area contributed by atoms with Crippen LogP contribution in [0.5, 0.6) is 5.75 Å². The second kappa shape index (κ2) is 10.3. The number of hydrogen-bond acceptors (Lipinski definition) is 10. The number of esters is 1. The first-order valence-corrected chi connectivity index (χ1v) is 13.3. The predicted molar refractivity (Wildman–Crippen MR) is 126 cm³/mol. The summed E-state index contributed by atoms with van der Waals surface area (Å²) in [5.74, 6) is 1.23. The van der Waals surface area contributed by atoms with Crippen LogP contribution < -0.4 is 10.1 Å². The van der Waals surface area contributed by atoms with E-state index in [2.05, 4.69) is 25.6 Å². The summed E-state index contributed by atoms with van der Waals surface area (Å²) in [4.78, 5) is 20.9. The van der Waals surface area contributed by atoms with Crippen LogP contribution in [0.2, 0.25) is 0 Å². The molecule has 0 spiro atoms. The SMILES string of the molecule is CCOC(=O)[C@H]1CC[C@H](Nc2nccc(-n3nnc4c(OCCS(C)(=O)=O)cccc43)n2)CC1. The van der Waals surface area contributed by atoms with E-state index < -0.39 is 9.84 Å². The molecule has 1 fully saturated rings. The lowest BCUT2D eigenvalue weighted by molar-refractivity contribution is -0.149. The van der Waals surface area contributed by atoms with Gasteiger partial charge in [0.25, 0.3) is 0 Å². The Morgan fingerprint density at radius 3 is 2.74 bits per heavy atom. The minimum Gasteiger partial charge on any atom is -0.490 e. The van der Waals surface area contributed by atoms with Gasteiger partial charge in [-0.2, -0.15) is 9.67 Å². The maximum Gasteiger partial charge on any atom is 0.308 e. The molecule has 1 saturated carbocycles. The van der Waals surface area contributed by atoms with Gasteiger partial charge in [0.1, 0.15) is 17.9 Å². The molecule has 0 unspecified atom stereocenters. The van der Waals surface area contributed by atoms with Crippen molar-refractivity contribution >= 4 is 32.8 Å². The van der Waals surface area contributed by atoms with E-state index in [-0.39, 0.29) is 30.3 Å². The minimum atomic E-state index is -3.13. The highest BCUT2D eigenvalue weighted by molar-refractivity contribution is 7.90. The fraction of sp³-hybridized carbons (Fsp3) is 0.500. The zero-order chi connectivity index (χ0) is 24.1. The van der Waals surface area contributed by atoms with Crippen LogP contribution in [0.4, 0.5) is 5.95 Å². The summed E-state index contributed by atoms with van der Waals surface area (Å²) in [7, 11) is -3.13. The van der Waals surface area contributed by atoms with Gasteiger partial charge in [0.2, 0.25) is 5.95 Å². The van der Waals surface area contributed by atoms with Crippen LogP contribution >= 0.6 is 0 Å². The molecule has 4 rings (SSSR count). The van der Waals surface area contributed by atoms with Crippen molar-refractivity contribution < 1.29 is 22.7 Å². The molecule has 2 heterocycles. The third-order valence-electron chi connectivity index (χ3n) is 5.69. The van der Waals surface area contributed by atoms with Crippen molar-refractivity contribution in [1.82, 2.24) is 25.0 Å². The molecule has 0 atom stereocenters. The Labute approximate surface area is 197 Å². The number of ether oxygens (including phenoxy) is 2. The lowest BCUT2D eigenvalue weighted by Crippen LogP contribution is -2.30. The van der Waals surface area contributed by atoms with Crippen LogP contribution in [0.25, 0.3) is 16.9 Å². The Hall–Kier alpha value is -3.28. The summed E-state index contributed by atoms with van der Waals surface area (Å²) in [6, 6.07) is 7.26. The molecule has 0 amide bonds. The number of rotatable bonds is 9. The maximum atomic E-state index is 12.0. The molecule has 0 radical (unpaired) electrons. The van der Waals surface area contributed by atoms with Gasteiger partial charge in [-0.25, -0.2) is 13.4 Å². The van der Waals surface area contributed by atoms with Gasteiger partial charge in [-0.1, -0.05) is 11.3 Å². The van der Waals surface area contributed by atoms with Crippen LogP contribution in [0.15, 0.2) is 30.5 Å². The van der Waals surface area contributed by atoms with Gasteiger partial charge in [-0.05, 0) is 44.7 Å². The fourth-order valence-electron chi connectivity index (χ4n) is 3.96. The number of nitrogens with one attached hydrogen (secondary N) is 1. The van der Waals surface area contributed by atoms with E-state index in [4.69, 9.17) is 9.47 Å². The zero-order valence-electron chi connectivity index (χ0n) is 19.2. The van der Waals surface area contributed by atoms with Crippen molar-refractivity contribution in [3.05, 3.63) is 30.5 Å². The zero-order valence-corrected chi connectivity index (χ0v) is 20.0. The van der Waals surface area contributed by atoms with Crippen LogP contribution in [0.1, 0.15) is 32.6 Å². The van der Waals surface area contributed by atoms with E-state index in [0.717, 1.165) is 25.7 Å². The summed E-state index contributed by atoms with van der Waals surface area (Å²) < 4.78 is 35.1. The van der Waals surface area contributed by atoms with Crippen LogP contribution in [-0.2, 0) is 19.4 Å². The summed E-state index contributed by atoms with van der Waals surface area (Å²) >= 11 is 0. The van der Waals surface area contributed by atoms with Crippen molar-refractivity contribution in [2.24, 2.45) is 5.92 Å². The van der Waals surface area contributed by atoms with Gasteiger partial charge in [-0.15, -0.1) is 5.10 Å². The molecule has 1 aliphatic rings. The summed E-state index contributed by atoms with van der Waals surface area (Å²) in [6.45, 7) is 2.26. The Morgan fingerprint density at radius 2 is 2.00 bits per heavy atom. The van der Waals surface area contributed by atoms with Gasteiger partial charge < -0.3 is 14.8 Å². The van der Waals surface area contributed by atoms with E-state index in [9.17, 15) is 13.2 Å². The van der Waals surface area contributed by atoms with Crippen molar-refractivity contribution in [2.75, 3.05) is 30.5 Å². The molecule has 12 heteroatoms. The molecule has 11 nitrogen and oxygen atoms in total. The van der Waals surface area contributed by atoms with E-state index in [1.165, 1.54) is 6.26 Å². The number of sulfone groups is 1. The first-order valence-electron chi connectivity index (χ1n) is 11.3. The number of fused-ring (bicyclic) bond motifs is 1.